The van der Waals surface area contributed by atoms with Crippen molar-refractivity contribution < 1.29 is 14.9 Å². The summed E-state index contributed by atoms with van der Waals surface area (Å²) in [5.74, 6) is 0. The van der Waals surface area contributed by atoms with Gasteiger partial charge in [-0.25, -0.2) is 4.79 Å². The molecule has 1 aromatic rings. The fourth-order valence-electron chi connectivity index (χ4n) is 1.77. The number of nitrogens with one attached hydrogen (secondary N) is 1. The summed E-state index contributed by atoms with van der Waals surface area (Å²) in [5, 5.41) is 17.8. The molecule has 0 radical (unpaired) electrons. The zero-order valence-electron chi connectivity index (χ0n) is 9.57. The minimum atomic E-state index is -0.649. The fourth-order valence-corrected chi connectivity index (χ4v) is 1.77. The molecule has 7 heteroatoms. The summed E-state index contributed by atoms with van der Waals surface area (Å²) in [7, 11) is 0. The number of ether oxygens (including phenoxy) is 1. The first kappa shape index (κ1) is 12.7. The van der Waals surface area contributed by atoms with Gasteiger partial charge in [0.2, 0.25) is 0 Å². The number of aromatic nitrogens is 2. The van der Waals surface area contributed by atoms with Gasteiger partial charge in [-0.05, 0) is 6.08 Å². The number of H-pyrrole nitrogens is 1. The van der Waals surface area contributed by atoms with Crippen LogP contribution in [-0.4, -0.2) is 39.1 Å². The third-order valence-corrected chi connectivity index (χ3v) is 2.68. The lowest BCUT2D eigenvalue weighted by atomic mass is 10.2. The van der Waals surface area contributed by atoms with Gasteiger partial charge in [-0.3, -0.25) is 14.3 Å². The summed E-state index contributed by atoms with van der Waals surface area (Å²) in [4.78, 5) is 25.3. The number of aliphatic hydroxyl groups excluding tert-OH is 2. The quantitative estimate of drug-likeness (QED) is 0.568. The van der Waals surface area contributed by atoms with Crippen LogP contribution in [0.15, 0.2) is 27.9 Å². The van der Waals surface area contributed by atoms with E-state index in [2.05, 4.69) is 4.98 Å². The molecule has 1 aromatic heterocycles. The molecular formula is C11H14N2O5. The molecule has 0 fully saturated rings. The second-order valence-corrected chi connectivity index (χ2v) is 3.93. The zero-order valence-corrected chi connectivity index (χ0v) is 9.57. The Morgan fingerprint density at radius 2 is 2.11 bits per heavy atom. The molecule has 2 atom stereocenters. The molecular weight excluding hydrogens is 240 g/mol. The van der Waals surface area contributed by atoms with E-state index < -0.39 is 23.6 Å². The van der Waals surface area contributed by atoms with E-state index in [4.69, 9.17) is 14.9 Å². The van der Waals surface area contributed by atoms with Crippen molar-refractivity contribution in [1.82, 2.24) is 9.55 Å². The van der Waals surface area contributed by atoms with Crippen molar-refractivity contribution in [2.75, 3.05) is 13.2 Å². The normalized spacial score (nSPS) is 22.6. The van der Waals surface area contributed by atoms with Crippen LogP contribution in [0.2, 0.25) is 0 Å². The molecule has 0 spiro atoms. The Kier molecular flexibility index (Phi) is 3.75. The Morgan fingerprint density at radius 3 is 2.72 bits per heavy atom. The van der Waals surface area contributed by atoms with Crippen LogP contribution >= 0.6 is 0 Å². The van der Waals surface area contributed by atoms with Crippen molar-refractivity contribution in [2.45, 2.75) is 18.8 Å². The van der Waals surface area contributed by atoms with E-state index >= 15 is 0 Å². The van der Waals surface area contributed by atoms with E-state index in [1.165, 1.54) is 10.8 Å². The smallest absolute Gasteiger partial charge is 0.330 e. The van der Waals surface area contributed by atoms with Crippen molar-refractivity contribution in [2.24, 2.45) is 0 Å². The number of rotatable bonds is 4. The van der Waals surface area contributed by atoms with Gasteiger partial charge in [0, 0.05) is 24.8 Å². The van der Waals surface area contributed by atoms with Gasteiger partial charge in [0.05, 0.1) is 6.61 Å². The third kappa shape index (κ3) is 2.42. The molecule has 0 bridgehead atoms. The first-order valence-corrected chi connectivity index (χ1v) is 5.55. The highest BCUT2D eigenvalue weighted by Crippen LogP contribution is 2.18. The van der Waals surface area contributed by atoms with Crippen LogP contribution < -0.4 is 11.2 Å². The summed E-state index contributed by atoms with van der Waals surface area (Å²) in [6.07, 6.45) is 3.71. The molecule has 7 nitrogen and oxygen atoms in total. The van der Waals surface area contributed by atoms with Gasteiger partial charge in [0.15, 0.2) is 6.23 Å². The predicted molar refractivity (Wildman–Crippen MR) is 62.2 cm³/mol. The standard InChI is InChI=1S/C11H14N2O5/c14-4-3-7-5-13(11(17)12-10(7)16)9-2-1-8(6-15)18-9/h1-2,5,8-9,14-15H,3-4,6H2,(H,12,16,17)/t8-,9+/m0/s1. The van der Waals surface area contributed by atoms with E-state index in [0.717, 1.165) is 0 Å². The summed E-state index contributed by atoms with van der Waals surface area (Å²) in [6, 6.07) is 0. The monoisotopic (exact) mass is 254 g/mol. The molecule has 2 heterocycles. The maximum Gasteiger partial charge on any atom is 0.330 e. The lowest BCUT2D eigenvalue weighted by Crippen LogP contribution is -2.34. The molecule has 3 N–H and O–H groups in total. The maximum absolute atomic E-state index is 11.6. The second-order valence-electron chi connectivity index (χ2n) is 3.93. The number of aliphatic hydroxyl groups is 2. The van der Waals surface area contributed by atoms with Crippen LogP contribution in [0.25, 0.3) is 0 Å². The average Bonchev–Trinajstić information content (AvgIpc) is 2.81. The van der Waals surface area contributed by atoms with Crippen molar-refractivity contribution in [1.29, 1.82) is 0 Å². The Morgan fingerprint density at radius 1 is 1.33 bits per heavy atom. The van der Waals surface area contributed by atoms with Crippen LogP contribution in [-0.2, 0) is 11.2 Å². The van der Waals surface area contributed by atoms with Gasteiger partial charge >= 0.3 is 5.69 Å². The van der Waals surface area contributed by atoms with Crippen molar-refractivity contribution in [3.63, 3.8) is 0 Å². The summed E-state index contributed by atoms with van der Waals surface area (Å²) in [6.45, 7) is -0.351. The molecule has 98 valence electrons. The fraction of sp³-hybridized carbons (Fsp3) is 0.455. The maximum atomic E-state index is 11.6. The van der Waals surface area contributed by atoms with E-state index in [1.54, 1.807) is 12.2 Å². The van der Waals surface area contributed by atoms with Crippen molar-refractivity contribution in [3.05, 3.63) is 44.8 Å². The van der Waals surface area contributed by atoms with E-state index in [9.17, 15) is 9.59 Å². The lowest BCUT2D eigenvalue weighted by Gasteiger charge is -2.15. The van der Waals surface area contributed by atoms with Crippen LogP contribution in [0.5, 0.6) is 0 Å². The molecule has 18 heavy (non-hydrogen) atoms. The lowest BCUT2D eigenvalue weighted by molar-refractivity contribution is -0.0104. The molecule has 1 aliphatic heterocycles. The van der Waals surface area contributed by atoms with Crippen LogP contribution in [0.1, 0.15) is 11.8 Å². The van der Waals surface area contributed by atoms with Gasteiger partial charge in [0.1, 0.15) is 6.10 Å². The second kappa shape index (κ2) is 5.30. The highest BCUT2D eigenvalue weighted by molar-refractivity contribution is 5.08. The molecule has 0 aromatic carbocycles. The molecule has 1 aliphatic rings. The topological polar surface area (TPSA) is 105 Å². The Bertz CT molecular complexity index is 559. The summed E-state index contributed by atoms with van der Waals surface area (Å²) in [5.41, 5.74) is -0.789. The molecule has 0 unspecified atom stereocenters. The molecule has 2 rings (SSSR count). The van der Waals surface area contributed by atoms with Crippen molar-refractivity contribution in [3.8, 4) is 0 Å². The largest absolute Gasteiger partial charge is 0.396 e. The van der Waals surface area contributed by atoms with E-state index in [-0.39, 0.29) is 19.6 Å². The Balaban J connectivity index is 2.34. The number of nitrogens with zero attached hydrogens (tertiary/aromatic N) is 1. The van der Waals surface area contributed by atoms with Crippen molar-refractivity contribution >= 4 is 0 Å². The summed E-state index contributed by atoms with van der Waals surface area (Å²) >= 11 is 0. The minimum Gasteiger partial charge on any atom is -0.396 e. The minimum absolute atomic E-state index is 0.162. The molecule has 0 saturated heterocycles. The van der Waals surface area contributed by atoms with Gasteiger partial charge in [-0.15, -0.1) is 0 Å². The number of hydrogen-bond donors (Lipinski definition) is 3. The SMILES string of the molecule is O=c1[nH]c(=O)n([C@H]2C=C[C@@H](CO)O2)cc1CCO. The van der Waals surface area contributed by atoms with Crippen LogP contribution in [0, 0.1) is 0 Å². The number of aromatic amines is 1. The molecule has 0 amide bonds. The van der Waals surface area contributed by atoms with Crippen LogP contribution in [0.3, 0.4) is 0 Å². The van der Waals surface area contributed by atoms with Gasteiger partial charge < -0.3 is 14.9 Å². The van der Waals surface area contributed by atoms with Gasteiger partial charge in [-0.2, -0.15) is 0 Å². The van der Waals surface area contributed by atoms with Gasteiger partial charge in [0.25, 0.3) is 5.56 Å². The molecule has 0 saturated carbocycles. The predicted octanol–water partition coefficient (Wildman–Crippen LogP) is -1.48. The molecule has 0 aliphatic carbocycles. The van der Waals surface area contributed by atoms with Gasteiger partial charge in [-0.1, -0.05) is 6.08 Å². The Hall–Kier alpha value is -1.70. The third-order valence-electron chi connectivity index (χ3n) is 2.68. The zero-order chi connectivity index (χ0) is 13.1. The first-order valence-electron chi connectivity index (χ1n) is 5.55. The number of hydrogen-bond acceptors (Lipinski definition) is 5. The first-order chi connectivity index (χ1) is 8.65. The summed E-state index contributed by atoms with van der Waals surface area (Å²) < 4.78 is 6.59. The highest BCUT2D eigenvalue weighted by Gasteiger charge is 2.21. The average molecular weight is 254 g/mol. The van der Waals surface area contributed by atoms with E-state index in [1.807, 2.05) is 0 Å². The highest BCUT2D eigenvalue weighted by atomic mass is 16.5. The van der Waals surface area contributed by atoms with E-state index in [0.29, 0.717) is 5.56 Å². The van der Waals surface area contributed by atoms with Crippen LogP contribution in [0.4, 0.5) is 0 Å². The Labute approximate surface area is 102 Å².